The quantitative estimate of drug-likeness (QED) is 0.542. The molecule has 0 saturated carbocycles. The number of anilines is 3. The monoisotopic (exact) mass is 462 g/mol. The summed E-state index contributed by atoms with van der Waals surface area (Å²) in [6, 6.07) is 14.1. The van der Waals surface area contributed by atoms with E-state index < -0.39 is 17.6 Å². The summed E-state index contributed by atoms with van der Waals surface area (Å²) in [5.74, 6) is -1.08. The first kappa shape index (κ1) is 23.0. The Morgan fingerprint density at radius 1 is 0.941 bits per heavy atom. The average molecular weight is 463 g/mol. The molecule has 2 heterocycles. The normalized spacial score (nSPS) is 16.5. The third-order valence-corrected chi connectivity index (χ3v) is 6.02. The Hall–Kier alpha value is -4.14. The van der Waals surface area contributed by atoms with Gasteiger partial charge >= 0.3 is 5.97 Å². The highest BCUT2D eigenvalue weighted by molar-refractivity contribution is 6.42. The van der Waals surface area contributed by atoms with Crippen LogP contribution in [-0.2, 0) is 14.4 Å². The van der Waals surface area contributed by atoms with Crippen molar-refractivity contribution in [2.24, 2.45) is 0 Å². The highest BCUT2D eigenvalue weighted by Crippen LogP contribution is 2.30. The fourth-order valence-electron chi connectivity index (χ4n) is 4.18. The van der Waals surface area contributed by atoms with Crippen molar-refractivity contribution in [1.29, 1.82) is 5.41 Å². The largest absolute Gasteiger partial charge is 0.497 e. The lowest BCUT2D eigenvalue weighted by molar-refractivity contribution is -0.129. The second-order valence-electron chi connectivity index (χ2n) is 8.11. The van der Waals surface area contributed by atoms with Crippen LogP contribution >= 0.6 is 0 Å². The maximum absolute atomic E-state index is 13.5. The third kappa shape index (κ3) is 4.63. The Kier molecular flexibility index (Phi) is 6.62. The highest BCUT2D eigenvalue weighted by Gasteiger charge is 2.32. The van der Waals surface area contributed by atoms with E-state index in [4.69, 9.17) is 10.1 Å². The Bertz CT molecular complexity index is 1150. The lowest BCUT2D eigenvalue weighted by Crippen LogP contribution is -2.41. The Morgan fingerprint density at radius 3 is 2.18 bits per heavy atom. The number of nitrogens with one attached hydrogen (secondary N) is 2. The van der Waals surface area contributed by atoms with Gasteiger partial charge in [0, 0.05) is 42.1 Å². The van der Waals surface area contributed by atoms with Crippen LogP contribution in [0.2, 0.25) is 0 Å². The van der Waals surface area contributed by atoms with E-state index in [9.17, 15) is 19.5 Å². The lowest BCUT2D eigenvalue weighted by atomic mass is 9.98. The first-order valence-corrected chi connectivity index (χ1v) is 11.1. The number of hydrogen-bond acceptors (Lipinski definition) is 6. The smallest absolute Gasteiger partial charge is 0.354 e. The summed E-state index contributed by atoms with van der Waals surface area (Å²) >= 11 is 0. The van der Waals surface area contributed by atoms with E-state index in [0.29, 0.717) is 30.1 Å². The minimum Gasteiger partial charge on any atom is -0.497 e. The first-order chi connectivity index (χ1) is 16.4. The van der Waals surface area contributed by atoms with Crippen molar-refractivity contribution in [3.8, 4) is 5.75 Å². The SMILES string of the molecule is COc1ccc(NC2=C(C(=N)C(=O)O)CCN(c3ccc(N4CCCCC4=O)cc3)C2=O)cc1. The van der Waals surface area contributed by atoms with Crippen molar-refractivity contribution in [1.82, 2.24) is 0 Å². The van der Waals surface area contributed by atoms with E-state index in [1.54, 1.807) is 53.3 Å². The molecule has 0 aliphatic carbocycles. The van der Waals surface area contributed by atoms with Gasteiger partial charge in [-0.05, 0) is 67.8 Å². The van der Waals surface area contributed by atoms with Gasteiger partial charge in [-0.3, -0.25) is 15.0 Å². The molecule has 2 aromatic carbocycles. The third-order valence-electron chi connectivity index (χ3n) is 6.02. The van der Waals surface area contributed by atoms with Gasteiger partial charge in [0.05, 0.1) is 7.11 Å². The summed E-state index contributed by atoms with van der Waals surface area (Å²) in [4.78, 5) is 40.5. The van der Waals surface area contributed by atoms with Crippen LogP contribution in [0.3, 0.4) is 0 Å². The van der Waals surface area contributed by atoms with Crippen molar-refractivity contribution in [2.45, 2.75) is 25.7 Å². The van der Waals surface area contributed by atoms with Gasteiger partial charge in [0.15, 0.2) is 0 Å². The van der Waals surface area contributed by atoms with E-state index in [-0.39, 0.29) is 30.1 Å². The van der Waals surface area contributed by atoms with Gasteiger partial charge in [0.2, 0.25) is 5.91 Å². The zero-order chi connectivity index (χ0) is 24.2. The molecule has 2 aliphatic rings. The minimum absolute atomic E-state index is 0.0547. The molecule has 9 nitrogen and oxygen atoms in total. The van der Waals surface area contributed by atoms with Crippen molar-refractivity contribution < 1.29 is 24.2 Å². The van der Waals surface area contributed by atoms with Crippen LogP contribution < -0.4 is 19.9 Å². The summed E-state index contributed by atoms with van der Waals surface area (Å²) in [7, 11) is 1.55. The highest BCUT2D eigenvalue weighted by atomic mass is 16.5. The second-order valence-corrected chi connectivity index (χ2v) is 8.11. The predicted molar refractivity (Wildman–Crippen MR) is 129 cm³/mol. The van der Waals surface area contributed by atoms with Crippen LogP contribution in [0.1, 0.15) is 25.7 Å². The molecule has 2 aliphatic heterocycles. The van der Waals surface area contributed by atoms with Crippen LogP contribution in [0, 0.1) is 5.41 Å². The molecule has 0 radical (unpaired) electrons. The van der Waals surface area contributed by atoms with Gasteiger partial charge in [-0.25, -0.2) is 4.79 Å². The van der Waals surface area contributed by atoms with Crippen LogP contribution in [0.4, 0.5) is 17.1 Å². The number of hydrogen-bond donors (Lipinski definition) is 3. The fourth-order valence-corrected chi connectivity index (χ4v) is 4.18. The molecule has 2 aromatic rings. The number of amides is 2. The number of piperidine rings is 1. The standard InChI is InChI=1S/C25H26N4O5/c1-34-19-11-5-16(6-12-19)27-23-20(22(26)25(32)33)13-15-29(24(23)31)18-9-7-17(8-10-18)28-14-3-2-4-21(28)30/h5-12,26-27H,2-4,13-15H2,1H3,(H,32,33). The van der Waals surface area contributed by atoms with Crippen LogP contribution in [0.15, 0.2) is 59.8 Å². The molecule has 4 rings (SSSR count). The molecular formula is C25H26N4O5. The number of carbonyl (C=O) groups excluding carboxylic acids is 2. The van der Waals surface area contributed by atoms with Crippen molar-refractivity contribution in [3.63, 3.8) is 0 Å². The lowest BCUT2D eigenvalue weighted by Gasteiger charge is -2.31. The zero-order valence-corrected chi connectivity index (χ0v) is 18.8. The van der Waals surface area contributed by atoms with E-state index in [1.807, 2.05) is 12.1 Å². The number of carboxylic acids is 1. The predicted octanol–water partition coefficient (Wildman–Crippen LogP) is 3.42. The van der Waals surface area contributed by atoms with Gasteiger partial charge in [0.25, 0.3) is 5.91 Å². The number of ether oxygens (including phenoxy) is 1. The molecule has 34 heavy (non-hydrogen) atoms. The number of methoxy groups -OCH3 is 1. The fraction of sp³-hybridized carbons (Fsp3) is 0.280. The maximum atomic E-state index is 13.5. The topological polar surface area (TPSA) is 123 Å². The van der Waals surface area contributed by atoms with Crippen LogP contribution in [0.5, 0.6) is 5.75 Å². The second kappa shape index (κ2) is 9.78. The van der Waals surface area contributed by atoms with Crippen LogP contribution in [-0.4, -0.2) is 48.8 Å². The molecule has 176 valence electrons. The van der Waals surface area contributed by atoms with Crippen LogP contribution in [0.25, 0.3) is 0 Å². The molecule has 1 saturated heterocycles. The molecule has 0 spiro atoms. The number of carbonyl (C=O) groups is 3. The molecule has 9 heteroatoms. The number of aliphatic carboxylic acids is 1. The summed E-state index contributed by atoms with van der Waals surface area (Å²) in [5, 5.41) is 20.4. The molecule has 0 bridgehead atoms. The molecule has 0 unspecified atom stereocenters. The van der Waals surface area contributed by atoms with E-state index >= 15 is 0 Å². The summed E-state index contributed by atoms with van der Waals surface area (Å²) in [6.45, 7) is 0.916. The minimum atomic E-state index is -1.39. The molecule has 2 amide bonds. The molecule has 0 atom stereocenters. The van der Waals surface area contributed by atoms with Gasteiger partial charge in [-0.1, -0.05) is 0 Å². The maximum Gasteiger partial charge on any atom is 0.354 e. The number of benzene rings is 2. The van der Waals surface area contributed by atoms with E-state index in [0.717, 1.165) is 18.5 Å². The summed E-state index contributed by atoms with van der Waals surface area (Å²) in [6.07, 6.45) is 2.61. The Balaban J connectivity index is 1.61. The Morgan fingerprint density at radius 2 is 1.59 bits per heavy atom. The van der Waals surface area contributed by atoms with Crippen molar-refractivity contribution in [3.05, 3.63) is 59.8 Å². The van der Waals surface area contributed by atoms with Gasteiger partial charge < -0.3 is 25.0 Å². The van der Waals surface area contributed by atoms with Crippen molar-refractivity contribution >= 4 is 40.6 Å². The number of rotatable bonds is 7. The van der Waals surface area contributed by atoms with E-state index in [1.165, 1.54) is 0 Å². The number of nitrogens with zero attached hydrogens (tertiary/aromatic N) is 2. The van der Waals surface area contributed by atoms with Crippen molar-refractivity contribution in [2.75, 3.05) is 35.3 Å². The zero-order valence-electron chi connectivity index (χ0n) is 18.8. The van der Waals surface area contributed by atoms with Gasteiger partial charge in [0.1, 0.15) is 17.2 Å². The molecule has 0 aromatic heterocycles. The summed E-state index contributed by atoms with van der Waals surface area (Å²) in [5.41, 5.74) is 1.59. The summed E-state index contributed by atoms with van der Waals surface area (Å²) < 4.78 is 5.15. The number of carboxylic acid groups (broad SMARTS) is 1. The van der Waals surface area contributed by atoms with Gasteiger partial charge in [-0.2, -0.15) is 0 Å². The Labute approximate surface area is 197 Å². The molecule has 1 fully saturated rings. The molecule has 3 N–H and O–H groups in total. The van der Waals surface area contributed by atoms with Gasteiger partial charge in [-0.15, -0.1) is 0 Å². The average Bonchev–Trinajstić information content (AvgIpc) is 2.85. The molecular weight excluding hydrogens is 436 g/mol. The first-order valence-electron chi connectivity index (χ1n) is 11.1. The van der Waals surface area contributed by atoms with E-state index in [2.05, 4.69) is 5.32 Å².